The predicted molar refractivity (Wildman–Crippen MR) is 95.5 cm³/mol. The Morgan fingerprint density at radius 3 is 2.44 bits per heavy atom. The highest BCUT2D eigenvalue weighted by Crippen LogP contribution is 2.47. The molecule has 4 aliphatic rings. The largest absolute Gasteiger partial charge is 0.350 e. The molecule has 1 saturated carbocycles. The molecule has 4 atom stereocenters. The van der Waals surface area contributed by atoms with Gasteiger partial charge in [0.2, 0.25) is 11.7 Å². The lowest BCUT2D eigenvalue weighted by atomic mass is 9.86. The minimum absolute atomic E-state index is 0.00341. The number of hydrogen-bond donors (Lipinski definition) is 2. The van der Waals surface area contributed by atoms with Crippen molar-refractivity contribution in [2.75, 3.05) is 13.2 Å². The molecule has 0 radical (unpaired) electrons. The van der Waals surface area contributed by atoms with Crippen LogP contribution in [0.25, 0.3) is 0 Å². The summed E-state index contributed by atoms with van der Waals surface area (Å²) < 4.78 is 30.4. The van der Waals surface area contributed by atoms with Crippen molar-refractivity contribution in [3.8, 4) is 0 Å². The molecule has 0 aromatic carbocycles. The van der Waals surface area contributed by atoms with Gasteiger partial charge in [-0.25, -0.2) is 0 Å². The summed E-state index contributed by atoms with van der Waals surface area (Å²) in [6.45, 7) is 7.99. The number of hydrogen-bond acceptors (Lipinski definition) is 7. The fourth-order valence-electron chi connectivity index (χ4n) is 4.72. The molecule has 3 heterocycles. The van der Waals surface area contributed by atoms with Crippen molar-refractivity contribution in [1.29, 1.82) is 0 Å². The van der Waals surface area contributed by atoms with Crippen LogP contribution < -0.4 is 11.1 Å². The minimum Gasteiger partial charge on any atom is -0.350 e. The molecular weight excluding hydrogens is 352 g/mol. The number of amides is 1. The Bertz CT molecular complexity index is 589. The van der Waals surface area contributed by atoms with Crippen molar-refractivity contribution in [2.45, 2.75) is 95.1 Å². The number of carbonyl (C=O) groups is 1. The molecule has 1 amide bonds. The van der Waals surface area contributed by atoms with Crippen LogP contribution in [0.4, 0.5) is 0 Å². The first-order valence-electron chi connectivity index (χ1n) is 10.0. The number of ether oxygens (including phenoxy) is 5. The van der Waals surface area contributed by atoms with Gasteiger partial charge in [-0.1, -0.05) is 0 Å². The maximum atomic E-state index is 12.7. The van der Waals surface area contributed by atoms with Gasteiger partial charge in [-0.05, 0) is 53.4 Å². The Kier molecular flexibility index (Phi) is 4.81. The molecule has 8 nitrogen and oxygen atoms in total. The average molecular weight is 384 g/mol. The van der Waals surface area contributed by atoms with E-state index in [1.165, 1.54) is 0 Å². The number of nitrogens with two attached hydrogens (primary N) is 1. The van der Waals surface area contributed by atoms with E-state index in [4.69, 9.17) is 29.4 Å². The zero-order valence-electron chi connectivity index (χ0n) is 16.7. The molecule has 0 aromatic rings. The summed E-state index contributed by atoms with van der Waals surface area (Å²) in [4.78, 5) is 12.7. The molecule has 4 fully saturated rings. The third-order valence-electron chi connectivity index (χ3n) is 5.93. The van der Waals surface area contributed by atoms with Crippen LogP contribution in [0, 0.1) is 5.92 Å². The van der Waals surface area contributed by atoms with Gasteiger partial charge in [0.1, 0.15) is 18.3 Å². The predicted octanol–water partition coefficient (Wildman–Crippen LogP) is 1.02. The van der Waals surface area contributed by atoms with Gasteiger partial charge in [0.15, 0.2) is 11.6 Å². The topological polar surface area (TPSA) is 101 Å². The van der Waals surface area contributed by atoms with Crippen molar-refractivity contribution >= 4 is 5.91 Å². The van der Waals surface area contributed by atoms with Gasteiger partial charge in [0, 0.05) is 12.0 Å². The lowest BCUT2D eigenvalue weighted by Gasteiger charge is -2.41. The smallest absolute Gasteiger partial charge is 0.223 e. The molecule has 154 valence electrons. The second kappa shape index (κ2) is 6.64. The Hall–Kier alpha value is -0.770. The fraction of sp³-hybridized carbons (Fsp3) is 0.947. The van der Waals surface area contributed by atoms with Crippen LogP contribution in [-0.4, -0.2) is 60.8 Å². The van der Waals surface area contributed by atoms with E-state index in [2.05, 4.69) is 5.32 Å². The molecule has 3 aliphatic heterocycles. The first-order valence-corrected chi connectivity index (χ1v) is 10.0. The van der Waals surface area contributed by atoms with Crippen LogP contribution in [0.2, 0.25) is 0 Å². The Balaban J connectivity index is 1.46. The molecule has 1 aliphatic carbocycles. The lowest BCUT2D eigenvalue weighted by molar-refractivity contribution is -0.277. The van der Waals surface area contributed by atoms with Gasteiger partial charge >= 0.3 is 0 Å². The molecule has 4 rings (SSSR count). The maximum absolute atomic E-state index is 12.7. The summed E-state index contributed by atoms with van der Waals surface area (Å²) >= 11 is 0. The van der Waals surface area contributed by atoms with E-state index in [1.807, 2.05) is 27.7 Å². The fourth-order valence-corrected chi connectivity index (χ4v) is 4.72. The second-order valence-corrected chi connectivity index (χ2v) is 9.13. The summed E-state index contributed by atoms with van der Waals surface area (Å²) in [5, 5.41) is 3.03. The van der Waals surface area contributed by atoms with Crippen LogP contribution in [0.15, 0.2) is 0 Å². The van der Waals surface area contributed by atoms with Crippen LogP contribution in [0.3, 0.4) is 0 Å². The molecule has 8 heteroatoms. The number of rotatable bonds is 3. The van der Waals surface area contributed by atoms with Gasteiger partial charge < -0.3 is 34.7 Å². The summed E-state index contributed by atoms with van der Waals surface area (Å²) in [6, 6.07) is 0.214. The second-order valence-electron chi connectivity index (χ2n) is 9.13. The van der Waals surface area contributed by atoms with Crippen LogP contribution >= 0.6 is 0 Å². The van der Waals surface area contributed by atoms with Crippen LogP contribution in [0.1, 0.15) is 53.4 Å². The third kappa shape index (κ3) is 3.75. The Labute approximate surface area is 160 Å². The monoisotopic (exact) mass is 384 g/mol. The molecule has 3 N–H and O–H groups in total. The SMILES string of the molecule is CC1(C)OC2COC3(CNC(=O)C4CCC(N)CC4)OC(C)(C)OC3C2O1. The average Bonchev–Trinajstić information content (AvgIpc) is 3.05. The zero-order chi connectivity index (χ0) is 19.4. The molecule has 0 bridgehead atoms. The van der Waals surface area contributed by atoms with Crippen molar-refractivity contribution in [3.05, 3.63) is 0 Å². The van der Waals surface area contributed by atoms with Crippen LogP contribution in [0.5, 0.6) is 0 Å². The minimum atomic E-state index is -1.07. The zero-order valence-corrected chi connectivity index (χ0v) is 16.7. The quantitative estimate of drug-likeness (QED) is 0.749. The van der Waals surface area contributed by atoms with E-state index in [1.54, 1.807) is 0 Å². The first-order chi connectivity index (χ1) is 12.6. The highest BCUT2D eigenvalue weighted by molar-refractivity contribution is 5.78. The number of carbonyl (C=O) groups excluding carboxylic acids is 1. The summed E-state index contributed by atoms with van der Waals surface area (Å²) in [7, 11) is 0. The van der Waals surface area contributed by atoms with Gasteiger partial charge in [-0.3, -0.25) is 4.79 Å². The van der Waals surface area contributed by atoms with E-state index in [0.29, 0.717) is 6.61 Å². The molecule has 3 saturated heterocycles. The Morgan fingerprint density at radius 2 is 1.74 bits per heavy atom. The van der Waals surface area contributed by atoms with Crippen molar-refractivity contribution in [1.82, 2.24) is 5.32 Å². The highest BCUT2D eigenvalue weighted by atomic mass is 16.9. The molecule has 4 unspecified atom stereocenters. The number of fused-ring (bicyclic) bond motifs is 3. The normalized spacial score (nSPS) is 45.1. The lowest BCUT2D eigenvalue weighted by Crippen LogP contribution is -2.62. The maximum Gasteiger partial charge on any atom is 0.223 e. The molecule has 0 aromatic heterocycles. The van der Waals surface area contributed by atoms with Gasteiger partial charge in [-0.2, -0.15) is 0 Å². The Morgan fingerprint density at radius 1 is 1.04 bits per heavy atom. The van der Waals surface area contributed by atoms with E-state index < -0.39 is 23.5 Å². The van der Waals surface area contributed by atoms with E-state index in [0.717, 1.165) is 25.7 Å². The van der Waals surface area contributed by atoms with Gasteiger partial charge in [0.05, 0.1) is 13.2 Å². The van der Waals surface area contributed by atoms with Gasteiger partial charge in [-0.15, -0.1) is 0 Å². The third-order valence-corrected chi connectivity index (χ3v) is 5.93. The summed E-state index contributed by atoms with van der Waals surface area (Å²) in [5.74, 6) is -2.59. The highest BCUT2D eigenvalue weighted by Gasteiger charge is 2.65. The van der Waals surface area contributed by atoms with Crippen molar-refractivity contribution in [3.63, 3.8) is 0 Å². The van der Waals surface area contributed by atoms with Crippen molar-refractivity contribution in [2.24, 2.45) is 11.7 Å². The number of nitrogens with one attached hydrogen (secondary N) is 1. The van der Waals surface area contributed by atoms with E-state index in [-0.39, 0.29) is 36.6 Å². The van der Waals surface area contributed by atoms with Crippen LogP contribution in [-0.2, 0) is 28.5 Å². The first kappa shape index (κ1) is 19.5. The summed E-state index contributed by atoms with van der Waals surface area (Å²) in [5.41, 5.74) is 5.94. The summed E-state index contributed by atoms with van der Waals surface area (Å²) in [6.07, 6.45) is 2.42. The molecule has 27 heavy (non-hydrogen) atoms. The van der Waals surface area contributed by atoms with E-state index in [9.17, 15) is 4.79 Å². The molecule has 0 spiro atoms. The van der Waals surface area contributed by atoms with Gasteiger partial charge in [0.25, 0.3) is 0 Å². The van der Waals surface area contributed by atoms with E-state index >= 15 is 0 Å². The standard InChI is InChI=1S/C19H32N2O6/c1-17(2)24-13-9-23-19(15(14(13)25-17)26-18(3,4)27-19)10-21-16(22)11-5-7-12(20)8-6-11/h11-15H,5-10,20H2,1-4H3,(H,21,22). The molecular formula is C19H32N2O6. The van der Waals surface area contributed by atoms with Crippen molar-refractivity contribution < 1.29 is 28.5 Å².